The number of phenolic OH excluding ortho intramolecular Hbond substituents is 1. The number of hydrogen-bond acceptors (Lipinski definition) is 8. The van der Waals surface area contributed by atoms with Crippen molar-refractivity contribution in [1.82, 2.24) is 14.9 Å². The molecule has 0 atom stereocenters. The fourth-order valence-electron chi connectivity index (χ4n) is 6.99. The highest BCUT2D eigenvalue weighted by Gasteiger charge is 2.49. The topological polar surface area (TPSA) is 93.6 Å². The Morgan fingerprint density at radius 1 is 1.04 bits per heavy atom. The third-order valence-electron chi connectivity index (χ3n) is 8.83. The number of nitrogens with zero attached hydrogens (tertiary/aromatic N) is 4. The number of carbonyl (C=O) groups is 1. The zero-order valence-corrected chi connectivity index (χ0v) is 28.7. The molecule has 5 aromatic rings. The summed E-state index contributed by atoms with van der Waals surface area (Å²) in [4.78, 5) is 27.3. The van der Waals surface area contributed by atoms with Gasteiger partial charge in [0, 0.05) is 29.4 Å². The average Bonchev–Trinajstić information content (AvgIpc) is 3.71. The number of carbonyl (C=O) groups excluding carboxylic acids is 1. The van der Waals surface area contributed by atoms with Gasteiger partial charge in [-0.1, -0.05) is 50.6 Å². The molecule has 0 saturated carbocycles. The van der Waals surface area contributed by atoms with Crippen molar-refractivity contribution in [3.8, 4) is 16.3 Å². The number of aromatic nitrogens is 2. The van der Waals surface area contributed by atoms with Crippen LogP contribution in [0.5, 0.6) is 5.75 Å². The van der Waals surface area contributed by atoms with Gasteiger partial charge in [-0.05, 0) is 80.2 Å². The first-order chi connectivity index (χ1) is 22.0. The van der Waals surface area contributed by atoms with Gasteiger partial charge in [0.15, 0.2) is 0 Å². The van der Waals surface area contributed by atoms with Gasteiger partial charge in [-0.3, -0.25) is 5.32 Å². The number of para-hydroxylation sites is 3. The molecular weight excluding hydrogens is 636 g/mol. The van der Waals surface area contributed by atoms with Crippen LogP contribution in [0.15, 0.2) is 60.0 Å². The highest BCUT2D eigenvalue weighted by Crippen LogP contribution is 2.57. The number of aryl methyl sites for hydroxylation is 1. The Bertz CT molecular complexity index is 1940. The second kappa shape index (κ2) is 11.8. The molecule has 11 heteroatoms. The minimum atomic E-state index is -0.369. The third kappa shape index (κ3) is 5.83. The first-order valence-corrected chi connectivity index (χ1v) is 17.6. The number of urea groups is 1. The number of hydrogen-bond donors (Lipinski definition) is 3. The van der Waals surface area contributed by atoms with Gasteiger partial charge >= 0.3 is 6.03 Å². The molecule has 0 radical (unpaired) electrons. The van der Waals surface area contributed by atoms with Crippen LogP contribution in [0.4, 0.5) is 27.7 Å². The van der Waals surface area contributed by atoms with Crippen molar-refractivity contribution < 1.29 is 9.90 Å². The molecule has 3 N–H and O–H groups in total. The summed E-state index contributed by atoms with van der Waals surface area (Å²) in [5, 5.41) is 21.7. The Morgan fingerprint density at radius 3 is 2.54 bits per heavy atom. The number of fused-ring (bicyclic) bond motifs is 3. The number of benzene rings is 3. The first-order valence-electron chi connectivity index (χ1n) is 15.5. The van der Waals surface area contributed by atoms with Gasteiger partial charge in [0.2, 0.25) is 0 Å². The van der Waals surface area contributed by atoms with Gasteiger partial charge in [-0.15, -0.1) is 22.7 Å². The van der Waals surface area contributed by atoms with Gasteiger partial charge in [0.25, 0.3) is 0 Å². The molecule has 0 unspecified atom stereocenters. The van der Waals surface area contributed by atoms with E-state index in [0.29, 0.717) is 23.1 Å². The number of anilines is 4. The molecule has 2 aliphatic rings. The van der Waals surface area contributed by atoms with E-state index in [1.807, 2.05) is 54.8 Å². The van der Waals surface area contributed by atoms with E-state index in [1.54, 1.807) is 17.4 Å². The number of aromatic hydroxyl groups is 1. The van der Waals surface area contributed by atoms with Crippen LogP contribution in [0.2, 0.25) is 5.02 Å². The normalized spacial score (nSPS) is 16.2. The van der Waals surface area contributed by atoms with E-state index < -0.39 is 0 Å². The fourth-order valence-corrected chi connectivity index (χ4v) is 8.83. The summed E-state index contributed by atoms with van der Waals surface area (Å²) in [5.74, 6) is 0.729. The van der Waals surface area contributed by atoms with Crippen molar-refractivity contribution in [3.05, 3.63) is 75.6 Å². The standard InChI is InChI=1S/C35H37ClN6O2S2/c1-21-37-28(18-45-21)39-33(44)38-24-9-5-6-10-25(24)42-20-35(14-16-41(17-15-35)19-34(2,3)4)29-22(12-13-26(43)31(29)42)32-40-30-23(36)8-7-11-27(30)46-32/h5-13,18,43H,14-17,19-20H2,1-4H3,(H2,38,39,44). The smallest absolute Gasteiger partial charge is 0.324 e. The summed E-state index contributed by atoms with van der Waals surface area (Å²) < 4.78 is 1.03. The van der Waals surface area contributed by atoms with E-state index in [9.17, 15) is 9.90 Å². The maximum absolute atomic E-state index is 13.1. The number of nitrogens with one attached hydrogen (secondary N) is 2. The van der Waals surface area contributed by atoms with E-state index in [4.69, 9.17) is 16.6 Å². The number of rotatable bonds is 5. The van der Waals surface area contributed by atoms with Crippen LogP contribution in [0.1, 0.15) is 44.2 Å². The average molecular weight is 673 g/mol. The number of amides is 2. The maximum atomic E-state index is 13.1. The lowest BCUT2D eigenvalue weighted by atomic mass is 9.72. The summed E-state index contributed by atoms with van der Waals surface area (Å²) in [6.07, 6.45) is 1.88. The predicted molar refractivity (Wildman–Crippen MR) is 191 cm³/mol. The number of piperidine rings is 1. The summed E-state index contributed by atoms with van der Waals surface area (Å²) in [7, 11) is 0. The second-order valence-electron chi connectivity index (χ2n) is 13.5. The summed E-state index contributed by atoms with van der Waals surface area (Å²) in [6, 6.07) is 17.1. The SMILES string of the molecule is Cc1nc(NC(=O)Nc2ccccc2N2CC3(CCN(CC(C)(C)C)CC3)c3c(-c4nc5c(Cl)cccc5s4)ccc(O)c32)cs1. The Morgan fingerprint density at radius 2 is 1.83 bits per heavy atom. The third-order valence-corrected chi connectivity index (χ3v) is 11.0. The molecule has 1 fully saturated rings. The second-order valence-corrected chi connectivity index (χ2v) is 16.0. The van der Waals surface area contributed by atoms with E-state index in [-0.39, 0.29) is 22.6 Å². The number of halogens is 1. The largest absolute Gasteiger partial charge is 0.506 e. The van der Waals surface area contributed by atoms with E-state index in [2.05, 4.69) is 52.3 Å². The van der Waals surface area contributed by atoms with Crippen molar-refractivity contribution in [3.63, 3.8) is 0 Å². The van der Waals surface area contributed by atoms with Gasteiger partial charge in [0.1, 0.15) is 22.1 Å². The van der Waals surface area contributed by atoms with E-state index >= 15 is 0 Å². The number of phenols is 1. The molecule has 2 aromatic heterocycles. The highest BCUT2D eigenvalue weighted by atomic mass is 35.5. The summed E-state index contributed by atoms with van der Waals surface area (Å²) >= 11 is 9.68. The lowest BCUT2D eigenvalue weighted by Crippen LogP contribution is -2.47. The molecular formula is C35H37ClN6O2S2. The first kappa shape index (κ1) is 30.9. The molecule has 1 saturated heterocycles. The summed E-state index contributed by atoms with van der Waals surface area (Å²) in [6.45, 7) is 12.4. The van der Waals surface area contributed by atoms with Crippen LogP contribution in [0.25, 0.3) is 20.8 Å². The minimum Gasteiger partial charge on any atom is -0.506 e. The maximum Gasteiger partial charge on any atom is 0.324 e. The van der Waals surface area contributed by atoms with Crippen LogP contribution in [0.3, 0.4) is 0 Å². The molecule has 2 amide bonds. The summed E-state index contributed by atoms with van der Waals surface area (Å²) in [5.41, 5.74) is 5.17. The zero-order valence-electron chi connectivity index (χ0n) is 26.4. The highest BCUT2D eigenvalue weighted by molar-refractivity contribution is 7.21. The van der Waals surface area contributed by atoms with E-state index in [0.717, 1.165) is 75.2 Å². The van der Waals surface area contributed by atoms with Gasteiger partial charge in [-0.25, -0.2) is 14.8 Å². The van der Waals surface area contributed by atoms with Gasteiger partial charge < -0.3 is 20.2 Å². The van der Waals surface area contributed by atoms with Crippen LogP contribution >= 0.6 is 34.3 Å². The lowest BCUT2D eigenvalue weighted by molar-refractivity contribution is 0.125. The molecule has 0 bridgehead atoms. The Kier molecular flexibility index (Phi) is 7.95. The number of thiazole rings is 2. The Labute approximate surface area is 282 Å². The molecule has 3 aromatic carbocycles. The molecule has 238 valence electrons. The molecule has 7 rings (SSSR count). The fraction of sp³-hybridized carbons (Fsp3) is 0.343. The van der Waals surface area contributed by atoms with Crippen LogP contribution < -0.4 is 15.5 Å². The van der Waals surface area contributed by atoms with Crippen LogP contribution in [-0.2, 0) is 5.41 Å². The molecule has 46 heavy (non-hydrogen) atoms. The molecule has 2 aliphatic heterocycles. The monoisotopic (exact) mass is 672 g/mol. The molecule has 8 nitrogen and oxygen atoms in total. The predicted octanol–water partition coefficient (Wildman–Crippen LogP) is 9.26. The lowest BCUT2D eigenvalue weighted by Gasteiger charge is -2.42. The molecule has 0 aliphatic carbocycles. The number of likely N-dealkylation sites (tertiary alicyclic amines) is 1. The minimum absolute atomic E-state index is 0.205. The quantitative estimate of drug-likeness (QED) is 0.172. The van der Waals surface area contributed by atoms with E-state index in [1.165, 1.54) is 11.3 Å². The Balaban J connectivity index is 1.32. The molecule has 1 spiro atoms. The zero-order chi connectivity index (χ0) is 32.2. The van der Waals surface area contributed by atoms with Crippen molar-refractivity contribution in [2.24, 2.45) is 5.41 Å². The molecule has 4 heterocycles. The van der Waals surface area contributed by atoms with Crippen molar-refractivity contribution in [2.75, 3.05) is 41.7 Å². The van der Waals surface area contributed by atoms with Crippen molar-refractivity contribution in [2.45, 2.75) is 46.0 Å². The van der Waals surface area contributed by atoms with Crippen molar-refractivity contribution >= 4 is 73.4 Å². The van der Waals surface area contributed by atoms with Gasteiger partial charge in [-0.2, -0.15) is 0 Å². The van der Waals surface area contributed by atoms with Crippen LogP contribution in [0, 0.1) is 12.3 Å². The Hall–Kier alpha value is -3.70. The van der Waals surface area contributed by atoms with Gasteiger partial charge in [0.05, 0.1) is 31.8 Å². The van der Waals surface area contributed by atoms with Crippen LogP contribution in [-0.4, -0.2) is 52.2 Å². The van der Waals surface area contributed by atoms with Crippen molar-refractivity contribution in [1.29, 1.82) is 0 Å².